The van der Waals surface area contributed by atoms with Gasteiger partial charge in [0.25, 0.3) is 0 Å². The van der Waals surface area contributed by atoms with Gasteiger partial charge in [-0.15, -0.1) is 0 Å². The Bertz CT molecular complexity index is 1050. The van der Waals surface area contributed by atoms with Gasteiger partial charge in [-0.3, -0.25) is 0 Å². The Hall–Kier alpha value is -2.70. The number of fused-ring (bicyclic) bond motifs is 1. The zero-order chi connectivity index (χ0) is 20.4. The normalized spacial score (nSPS) is 16.1. The lowest BCUT2D eigenvalue weighted by atomic mass is 10.1. The average molecular weight is 417 g/mol. The van der Waals surface area contributed by atoms with Crippen LogP contribution in [0.4, 0.5) is 18.9 Å². The van der Waals surface area contributed by atoms with Crippen LogP contribution in [0.1, 0.15) is 24.0 Å². The summed E-state index contributed by atoms with van der Waals surface area (Å²) < 4.78 is 40.8. The maximum atomic E-state index is 12.9. The second-order valence-corrected chi connectivity index (χ2v) is 8.03. The quantitative estimate of drug-likeness (QED) is 0.583. The predicted octanol–water partition coefficient (Wildman–Crippen LogP) is 5.04. The Balaban J connectivity index is 1.40. The van der Waals surface area contributed by atoms with Crippen molar-refractivity contribution < 1.29 is 13.2 Å². The standard InChI is InChI=1S/C20H18F3N5S/c21-20(22,23)14-2-1-3-16(10-14)29-28-8-5-15(6-9-28)27-18-13(11-24)12-26-19-17(18)4-7-25-19/h1-4,7,10,12,15H,5-6,8-9H2,(H2,25,26,27). The smallest absolute Gasteiger partial charge is 0.380 e. The highest BCUT2D eigenvalue weighted by molar-refractivity contribution is 7.97. The van der Waals surface area contributed by atoms with Gasteiger partial charge in [-0.25, -0.2) is 9.29 Å². The third kappa shape index (κ3) is 4.33. The van der Waals surface area contributed by atoms with Crippen molar-refractivity contribution in [3.63, 3.8) is 0 Å². The molecule has 3 aromatic rings. The summed E-state index contributed by atoms with van der Waals surface area (Å²) >= 11 is 1.35. The van der Waals surface area contributed by atoms with E-state index in [0.29, 0.717) is 10.5 Å². The second-order valence-electron chi connectivity index (χ2n) is 6.86. The molecule has 0 amide bonds. The molecule has 5 nitrogen and oxygen atoms in total. The minimum Gasteiger partial charge on any atom is -0.380 e. The number of aromatic nitrogens is 2. The van der Waals surface area contributed by atoms with Gasteiger partial charge in [-0.2, -0.15) is 18.4 Å². The van der Waals surface area contributed by atoms with Gasteiger partial charge in [-0.1, -0.05) is 6.07 Å². The number of anilines is 1. The van der Waals surface area contributed by atoms with E-state index in [1.54, 1.807) is 18.5 Å². The summed E-state index contributed by atoms with van der Waals surface area (Å²) in [6.07, 6.45) is 0.661. The minimum absolute atomic E-state index is 0.181. The molecule has 0 spiro atoms. The average Bonchev–Trinajstić information content (AvgIpc) is 3.18. The summed E-state index contributed by atoms with van der Waals surface area (Å²) in [5, 5.41) is 13.8. The van der Waals surface area contributed by atoms with Gasteiger partial charge in [0.1, 0.15) is 11.7 Å². The summed E-state index contributed by atoms with van der Waals surface area (Å²) in [5.74, 6) is 0. The molecule has 0 radical (unpaired) electrons. The molecule has 1 saturated heterocycles. The van der Waals surface area contributed by atoms with E-state index in [0.717, 1.165) is 48.7 Å². The highest BCUT2D eigenvalue weighted by Crippen LogP contribution is 2.34. The molecule has 0 aliphatic carbocycles. The van der Waals surface area contributed by atoms with E-state index in [-0.39, 0.29) is 6.04 Å². The van der Waals surface area contributed by atoms with Gasteiger partial charge < -0.3 is 10.3 Å². The molecular weight excluding hydrogens is 399 g/mol. The Kier molecular flexibility index (Phi) is 5.39. The molecule has 9 heteroatoms. The van der Waals surface area contributed by atoms with E-state index in [1.165, 1.54) is 24.1 Å². The molecule has 1 aliphatic rings. The summed E-state index contributed by atoms with van der Waals surface area (Å²) in [5.41, 5.74) is 1.38. The summed E-state index contributed by atoms with van der Waals surface area (Å²) in [6, 6.07) is 9.67. The van der Waals surface area contributed by atoms with E-state index in [9.17, 15) is 18.4 Å². The molecule has 1 aliphatic heterocycles. The maximum Gasteiger partial charge on any atom is 0.416 e. The third-order valence-corrected chi connectivity index (χ3v) is 5.99. The van der Waals surface area contributed by atoms with Crippen molar-refractivity contribution in [1.29, 1.82) is 5.26 Å². The van der Waals surface area contributed by atoms with E-state index in [4.69, 9.17) is 0 Å². The molecule has 0 bridgehead atoms. The van der Waals surface area contributed by atoms with Crippen LogP contribution in [0.25, 0.3) is 11.0 Å². The van der Waals surface area contributed by atoms with Crippen molar-refractivity contribution >= 4 is 28.7 Å². The fourth-order valence-corrected chi connectivity index (χ4v) is 4.43. The molecule has 150 valence electrons. The van der Waals surface area contributed by atoms with E-state index < -0.39 is 11.7 Å². The van der Waals surface area contributed by atoms with Gasteiger partial charge >= 0.3 is 6.18 Å². The predicted molar refractivity (Wildman–Crippen MR) is 106 cm³/mol. The van der Waals surface area contributed by atoms with Crippen LogP contribution in [0, 0.1) is 11.3 Å². The first-order chi connectivity index (χ1) is 13.9. The van der Waals surface area contributed by atoms with Crippen LogP contribution in [0.2, 0.25) is 0 Å². The van der Waals surface area contributed by atoms with Crippen molar-refractivity contribution in [3.8, 4) is 6.07 Å². The SMILES string of the molecule is N#Cc1cnc2[nH]ccc2c1NC1CCN(Sc2cccc(C(F)(F)F)c2)CC1. The van der Waals surface area contributed by atoms with E-state index in [1.807, 2.05) is 6.07 Å². The number of hydrogen-bond acceptors (Lipinski definition) is 5. The molecule has 2 N–H and O–H groups in total. The van der Waals surface area contributed by atoms with Crippen LogP contribution < -0.4 is 5.32 Å². The number of alkyl halides is 3. The number of benzene rings is 1. The molecule has 0 atom stereocenters. The van der Waals surface area contributed by atoms with E-state index >= 15 is 0 Å². The van der Waals surface area contributed by atoms with Crippen LogP contribution >= 0.6 is 11.9 Å². The maximum absolute atomic E-state index is 12.9. The van der Waals surface area contributed by atoms with Crippen molar-refractivity contribution in [3.05, 3.63) is 53.9 Å². The van der Waals surface area contributed by atoms with Gasteiger partial charge in [0.2, 0.25) is 0 Å². The largest absolute Gasteiger partial charge is 0.416 e. The Labute approximate surface area is 170 Å². The van der Waals surface area contributed by atoms with Gasteiger partial charge in [-0.05, 0) is 49.1 Å². The van der Waals surface area contributed by atoms with Gasteiger partial charge in [0.15, 0.2) is 0 Å². The number of hydrogen-bond donors (Lipinski definition) is 2. The van der Waals surface area contributed by atoms with Crippen molar-refractivity contribution in [2.24, 2.45) is 0 Å². The Morgan fingerprint density at radius 3 is 2.76 bits per heavy atom. The number of halogens is 3. The fourth-order valence-electron chi connectivity index (χ4n) is 3.42. The lowest BCUT2D eigenvalue weighted by molar-refractivity contribution is -0.137. The molecule has 0 saturated carbocycles. The van der Waals surface area contributed by atoms with Gasteiger partial charge in [0, 0.05) is 41.8 Å². The fraction of sp³-hybridized carbons (Fsp3) is 0.300. The highest BCUT2D eigenvalue weighted by Gasteiger charge is 2.30. The Morgan fingerprint density at radius 1 is 1.24 bits per heavy atom. The van der Waals surface area contributed by atoms with Crippen LogP contribution in [0.5, 0.6) is 0 Å². The zero-order valence-electron chi connectivity index (χ0n) is 15.3. The Morgan fingerprint density at radius 2 is 2.03 bits per heavy atom. The number of nitriles is 1. The monoisotopic (exact) mass is 417 g/mol. The number of aromatic amines is 1. The zero-order valence-corrected chi connectivity index (χ0v) is 16.1. The molecular formula is C20H18F3N5S. The summed E-state index contributed by atoms with van der Waals surface area (Å²) in [7, 11) is 0. The van der Waals surface area contributed by atoms with E-state index in [2.05, 4.69) is 25.7 Å². The van der Waals surface area contributed by atoms with Crippen LogP contribution in [-0.2, 0) is 6.18 Å². The first kappa shape index (κ1) is 19.6. The number of H-pyrrole nitrogens is 1. The third-order valence-electron chi connectivity index (χ3n) is 4.91. The number of nitrogens with zero attached hydrogens (tertiary/aromatic N) is 3. The number of nitrogens with one attached hydrogen (secondary N) is 2. The number of piperidine rings is 1. The van der Waals surface area contributed by atoms with Gasteiger partial charge in [0.05, 0.1) is 16.8 Å². The highest BCUT2D eigenvalue weighted by atomic mass is 32.2. The molecule has 29 heavy (non-hydrogen) atoms. The molecule has 3 heterocycles. The minimum atomic E-state index is -4.33. The number of pyridine rings is 1. The van der Waals surface area contributed by atoms with Crippen molar-refractivity contribution in [1.82, 2.24) is 14.3 Å². The van der Waals surface area contributed by atoms with Crippen LogP contribution in [-0.4, -0.2) is 33.4 Å². The summed E-state index contributed by atoms with van der Waals surface area (Å²) in [4.78, 5) is 7.87. The van der Waals surface area contributed by atoms with Crippen molar-refractivity contribution in [2.45, 2.75) is 30.0 Å². The first-order valence-electron chi connectivity index (χ1n) is 9.17. The second kappa shape index (κ2) is 7.97. The summed E-state index contributed by atoms with van der Waals surface area (Å²) in [6.45, 7) is 1.48. The molecule has 1 aromatic carbocycles. The van der Waals surface area contributed by atoms with Crippen LogP contribution in [0.15, 0.2) is 47.6 Å². The lowest BCUT2D eigenvalue weighted by Crippen LogP contribution is -2.35. The molecule has 2 aromatic heterocycles. The lowest BCUT2D eigenvalue weighted by Gasteiger charge is -2.32. The topological polar surface area (TPSA) is 67.7 Å². The van der Waals surface area contributed by atoms with Crippen LogP contribution in [0.3, 0.4) is 0 Å². The van der Waals surface area contributed by atoms with Crippen molar-refractivity contribution in [2.75, 3.05) is 18.4 Å². The molecule has 0 unspecified atom stereocenters. The molecule has 4 rings (SSSR count). The number of rotatable bonds is 4. The molecule has 1 fully saturated rings. The first-order valence-corrected chi connectivity index (χ1v) is 9.94.